The van der Waals surface area contributed by atoms with Crippen molar-refractivity contribution in [2.45, 2.75) is 19.8 Å². The van der Waals surface area contributed by atoms with Gasteiger partial charge in [-0.05, 0) is 33.2 Å². The SMILES string of the molecule is CC=NC(=NCC(C)c1nc2cccnc2s1)OCCN(C)C. The van der Waals surface area contributed by atoms with Crippen molar-refractivity contribution in [1.29, 1.82) is 0 Å². The molecule has 0 aliphatic heterocycles. The minimum absolute atomic E-state index is 0.203. The number of likely N-dealkylation sites (N-methyl/N-ethyl adjacent to an activating group) is 1. The fourth-order valence-corrected chi connectivity index (χ4v) is 2.79. The van der Waals surface area contributed by atoms with E-state index in [1.54, 1.807) is 23.7 Å². The van der Waals surface area contributed by atoms with Crippen molar-refractivity contribution >= 4 is 33.9 Å². The quantitative estimate of drug-likeness (QED) is 0.602. The highest BCUT2D eigenvalue weighted by Gasteiger charge is 2.12. The van der Waals surface area contributed by atoms with Crippen LogP contribution < -0.4 is 0 Å². The summed E-state index contributed by atoms with van der Waals surface area (Å²) >= 11 is 1.61. The van der Waals surface area contributed by atoms with E-state index < -0.39 is 0 Å². The molecule has 0 aliphatic rings. The Morgan fingerprint density at radius 1 is 1.48 bits per heavy atom. The minimum Gasteiger partial charge on any atom is -0.462 e. The maximum Gasteiger partial charge on any atom is 0.311 e. The zero-order valence-electron chi connectivity index (χ0n) is 14.1. The Morgan fingerprint density at radius 2 is 2.30 bits per heavy atom. The Hall–Kier alpha value is -1.86. The Bertz CT molecular complexity index is 647. The smallest absolute Gasteiger partial charge is 0.311 e. The van der Waals surface area contributed by atoms with Gasteiger partial charge in [0.15, 0.2) is 0 Å². The number of amidine groups is 1. The third-order valence-corrected chi connectivity index (χ3v) is 4.32. The van der Waals surface area contributed by atoms with Gasteiger partial charge in [0.25, 0.3) is 0 Å². The molecule has 1 unspecified atom stereocenters. The Balaban J connectivity index is 1.99. The molecule has 2 aromatic rings. The predicted molar refractivity (Wildman–Crippen MR) is 96.8 cm³/mol. The number of aliphatic imine (C=N–C) groups is 2. The molecule has 2 rings (SSSR count). The number of thiazole rings is 1. The van der Waals surface area contributed by atoms with Crippen molar-refractivity contribution in [3.63, 3.8) is 0 Å². The molecule has 0 spiro atoms. The number of nitrogens with zero attached hydrogens (tertiary/aromatic N) is 5. The predicted octanol–water partition coefficient (Wildman–Crippen LogP) is 2.82. The summed E-state index contributed by atoms with van der Waals surface area (Å²) in [5.74, 6) is 0.203. The molecule has 2 heterocycles. The summed E-state index contributed by atoms with van der Waals surface area (Å²) in [4.78, 5) is 20.6. The summed E-state index contributed by atoms with van der Waals surface area (Å²) in [6, 6.07) is 4.32. The molecule has 0 radical (unpaired) electrons. The zero-order valence-corrected chi connectivity index (χ0v) is 14.9. The normalized spacial score (nSPS) is 14.0. The van der Waals surface area contributed by atoms with Crippen molar-refractivity contribution in [3.8, 4) is 0 Å². The summed E-state index contributed by atoms with van der Waals surface area (Å²) in [6.45, 7) is 5.95. The number of hydrogen-bond acceptors (Lipinski definition) is 6. The average Bonchev–Trinajstić information content (AvgIpc) is 2.96. The monoisotopic (exact) mass is 333 g/mol. The first-order valence-electron chi connectivity index (χ1n) is 7.62. The van der Waals surface area contributed by atoms with E-state index in [-0.39, 0.29) is 5.92 Å². The van der Waals surface area contributed by atoms with Crippen molar-refractivity contribution in [3.05, 3.63) is 23.3 Å². The van der Waals surface area contributed by atoms with Crippen LogP contribution in [-0.2, 0) is 4.74 Å². The molecule has 2 aromatic heterocycles. The van der Waals surface area contributed by atoms with E-state index in [1.165, 1.54) is 0 Å². The van der Waals surface area contributed by atoms with Gasteiger partial charge in [0.2, 0.25) is 0 Å². The summed E-state index contributed by atoms with van der Waals surface area (Å²) < 4.78 is 5.62. The molecular weight excluding hydrogens is 310 g/mol. The lowest BCUT2D eigenvalue weighted by molar-refractivity contribution is 0.247. The minimum atomic E-state index is 0.203. The number of rotatable bonds is 6. The molecular formula is C16H23N5OS. The van der Waals surface area contributed by atoms with E-state index in [4.69, 9.17) is 4.74 Å². The van der Waals surface area contributed by atoms with Gasteiger partial charge in [-0.3, -0.25) is 0 Å². The second kappa shape index (κ2) is 8.69. The highest BCUT2D eigenvalue weighted by molar-refractivity contribution is 7.18. The number of aromatic nitrogens is 2. The van der Waals surface area contributed by atoms with Gasteiger partial charge in [0.1, 0.15) is 22.0 Å². The van der Waals surface area contributed by atoms with E-state index in [1.807, 2.05) is 33.2 Å². The fourth-order valence-electron chi connectivity index (χ4n) is 1.84. The van der Waals surface area contributed by atoms with Crippen LogP contribution in [0.2, 0.25) is 0 Å². The van der Waals surface area contributed by atoms with Crippen LogP contribution in [0.25, 0.3) is 10.3 Å². The molecule has 0 aromatic carbocycles. The van der Waals surface area contributed by atoms with Gasteiger partial charge in [0, 0.05) is 24.9 Å². The molecule has 0 saturated carbocycles. The topological polar surface area (TPSA) is 63.0 Å². The Morgan fingerprint density at radius 3 is 3.00 bits per heavy atom. The molecule has 0 saturated heterocycles. The van der Waals surface area contributed by atoms with Crippen molar-refractivity contribution < 1.29 is 4.74 Å². The second-order valence-electron chi connectivity index (χ2n) is 5.44. The molecule has 0 amide bonds. The van der Waals surface area contributed by atoms with Crippen molar-refractivity contribution in [2.24, 2.45) is 9.98 Å². The van der Waals surface area contributed by atoms with Crippen LogP contribution in [0, 0.1) is 0 Å². The Labute approximate surface area is 141 Å². The maximum absolute atomic E-state index is 5.62. The number of hydrogen-bond donors (Lipinski definition) is 0. The molecule has 0 aliphatic carbocycles. The average molecular weight is 333 g/mol. The van der Waals surface area contributed by atoms with Crippen LogP contribution in [0.1, 0.15) is 24.8 Å². The highest BCUT2D eigenvalue weighted by Crippen LogP contribution is 2.25. The lowest BCUT2D eigenvalue weighted by Gasteiger charge is -2.11. The molecule has 1 atom stereocenters. The van der Waals surface area contributed by atoms with Crippen LogP contribution in [0.15, 0.2) is 28.3 Å². The van der Waals surface area contributed by atoms with Gasteiger partial charge in [-0.1, -0.05) is 18.3 Å². The largest absolute Gasteiger partial charge is 0.462 e. The first kappa shape index (κ1) is 17.5. The summed E-state index contributed by atoms with van der Waals surface area (Å²) in [6.07, 6.45) is 3.49. The molecule has 0 bridgehead atoms. The van der Waals surface area contributed by atoms with Gasteiger partial charge < -0.3 is 9.64 Å². The molecule has 6 nitrogen and oxygen atoms in total. The van der Waals surface area contributed by atoms with Crippen LogP contribution >= 0.6 is 11.3 Å². The Kier molecular flexibility index (Phi) is 6.61. The fraction of sp³-hybridized carbons (Fsp3) is 0.500. The second-order valence-corrected chi connectivity index (χ2v) is 6.45. The van der Waals surface area contributed by atoms with Crippen LogP contribution in [0.3, 0.4) is 0 Å². The van der Waals surface area contributed by atoms with E-state index >= 15 is 0 Å². The van der Waals surface area contributed by atoms with Gasteiger partial charge in [-0.15, -0.1) is 0 Å². The lowest BCUT2D eigenvalue weighted by atomic mass is 10.2. The summed E-state index contributed by atoms with van der Waals surface area (Å²) in [7, 11) is 4.01. The van der Waals surface area contributed by atoms with Gasteiger partial charge >= 0.3 is 6.02 Å². The molecule has 124 valence electrons. The van der Waals surface area contributed by atoms with Gasteiger partial charge in [-0.2, -0.15) is 0 Å². The number of pyridine rings is 1. The van der Waals surface area contributed by atoms with Gasteiger partial charge in [-0.25, -0.2) is 20.0 Å². The number of fused-ring (bicyclic) bond motifs is 1. The van der Waals surface area contributed by atoms with Crippen LogP contribution in [-0.4, -0.2) is 60.9 Å². The molecule has 0 fully saturated rings. The summed E-state index contributed by atoms with van der Waals surface area (Å²) in [5.41, 5.74) is 0.942. The first-order valence-corrected chi connectivity index (χ1v) is 8.44. The lowest BCUT2D eigenvalue weighted by Crippen LogP contribution is -2.20. The van der Waals surface area contributed by atoms with Crippen molar-refractivity contribution in [2.75, 3.05) is 33.8 Å². The van der Waals surface area contributed by atoms with Crippen LogP contribution in [0.5, 0.6) is 0 Å². The van der Waals surface area contributed by atoms with E-state index in [9.17, 15) is 0 Å². The van der Waals surface area contributed by atoms with E-state index in [2.05, 4.69) is 31.8 Å². The van der Waals surface area contributed by atoms with Crippen LogP contribution in [0.4, 0.5) is 0 Å². The molecule has 7 heteroatoms. The third-order valence-electron chi connectivity index (χ3n) is 3.11. The highest BCUT2D eigenvalue weighted by atomic mass is 32.1. The molecule has 23 heavy (non-hydrogen) atoms. The third kappa shape index (κ3) is 5.37. The summed E-state index contributed by atoms with van der Waals surface area (Å²) in [5, 5.41) is 1.04. The van der Waals surface area contributed by atoms with E-state index in [0.717, 1.165) is 21.9 Å². The van der Waals surface area contributed by atoms with Gasteiger partial charge in [0.05, 0.1) is 6.54 Å². The van der Waals surface area contributed by atoms with E-state index in [0.29, 0.717) is 19.2 Å². The zero-order chi connectivity index (χ0) is 16.7. The standard InChI is InChI=1S/C16H23N5OS/c1-5-17-16(22-10-9-21(3)4)19-11-12(2)14-20-13-7-6-8-18-15(13)23-14/h5-8,12H,9-11H2,1-4H3. The maximum atomic E-state index is 5.62. The number of ether oxygens (including phenoxy) is 1. The van der Waals surface area contributed by atoms with Crippen molar-refractivity contribution in [1.82, 2.24) is 14.9 Å². The first-order chi connectivity index (χ1) is 11.1. The molecule has 0 N–H and O–H groups in total.